The third-order valence-corrected chi connectivity index (χ3v) is 6.19. The molecule has 0 bridgehead atoms. The predicted molar refractivity (Wildman–Crippen MR) is 112 cm³/mol. The molecule has 0 saturated heterocycles. The molecule has 0 aliphatic carbocycles. The van der Waals surface area contributed by atoms with Gasteiger partial charge in [-0.05, 0) is 53.6 Å². The van der Waals surface area contributed by atoms with Gasteiger partial charge < -0.3 is 4.74 Å². The largest absolute Gasteiger partial charge is 0.465 e. The highest BCUT2D eigenvalue weighted by molar-refractivity contribution is 7.92. The van der Waals surface area contributed by atoms with E-state index < -0.39 is 16.0 Å². The second kappa shape index (κ2) is 9.07. The fraction of sp³-hybridized carbons (Fsp3) is 0.143. The van der Waals surface area contributed by atoms with Crippen LogP contribution in [0.3, 0.4) is 0 Å². The summed E-state index contributed by atoms with van der Waals surface area (Å²) in [5.74, 6) is -0.698. The van der Waals surface area contributed by atoms with Gasteiger partial charge in [-0.25, -0.2) is 13.2 Å². The number of nitrogens with zero attached hydrogens (tertiary/aromatic N) is 2. The predicted octanol–water partition coefficient (Wildman–Crippen LogP) is 4.06. The fourth-order valence-corrected chi connectivity index (χ4v) is 4.44. The molecule has 8 heteroatoms. The van der Waals surface area contributed by atoms with Gasteiger partial charge in [-0.15, -0.1) is 0 Å². The maximum Gasteiger partial charge on any atom is 0.337 e. The van der Waals surface area contributed by atoms with Gasteiger partial charge in [-0.3, -0.25) is 9.29 Å². The van der Waals surface area contributed by atoms with E-state index in [9.17, 15) is 13.2 Å². The van der Waals surface area contributed by atoms with Crippen LogP contribution in [-0.2, 0) is 27.1 Å². The normalized spacial score (nSPS) is 11.1. The van der Waals surface area contributed by atoms with Crippen molar-refractivity contribution in [3.8, 4) is 0 Å². The first kappa shape index (κ1) is 20.8. The van der Waals surface area contributed by atoms with E-state index in [1.54, 1.807) is 67.0 Å². The minimum atomic E-state index is -3.73. The number of methoxy groups -OCH3 is 1. The molecular weight excluding hydrogens is 412 g/mol. The average molecular weight is 431 g/mol. The molecule has 0 N–H and O–H groups in total. The second-order valence-corrected chi connectivity index (χ2v) is 8.62. The van der Waals surface area contributed by atoms with Crippen molar-refractivity contribution in [1.82, 2.24) is 4.98 Å². The van der Waals surface area contributed by atoms with Crippen molar-refractivity contribution in [2.24, 2.45) is 0 Å². The third kappa shape index (κ3) is 5.34. The molecule has 0 amide bonds. The average Bonchev–Trinajstić information content (AvgIpc) is 2.73. The van der Waals surface area contributed by atoms with Crippen LogP contribution >= 0.6 is 11.6 Å². The van der Waals surface area contributed by atoms with Crippen LogP contribution in [0.4, 0.5) is 5.69 Å². The van der Waals surface area contributed by atoms with E-state index in [0.29, 0.717) is 21.8 Å². The van der Waals surface area contributed by atoms with Crippen molar-refractivity contribution in [2.75, 3.05) is 11.4 Å². The lowest BCUT2D eigenvalue weighted by atomic mass is 10.1. The molecule has 0 saturated carbocycles. The van der Waals surface area contributed by atoms with Crippen molar-refractivity contribution in [3.63, 3.8) is 0 Å². The van der Waals surface area contributed by atoms with E-state index in [2.05, 4.69) is 9.72 Å². The molecule has 0 radical (unpaired) electrons. The Morgan fingerprint density at radius 3 is 2.31 bits per heavy atom. The molecule has 1 heterocycles. The summed E-state index contributed by atoms with van der Waals surface area (Å²) in [6, 6.07) is 16.5. The summed E-state index contributed by atoms with van der Waals surface area (Å²) >= 11 is 5.96. The van der Waals surface area contributed by atoms with E-state index in [1.807, 2.05) is 6.07 Å². The number of pyridine rings is 1. The number of rotatable bonds is 7. The second-order valence-electron chi connectivity index (χ2n) is 6.29. The van der Waals surface area contributed by atoms with Gasteiger partial charge in [0.2, 0.25) is 10.0 Å². The molecule has 3 aromatic rings. The molecule has 3 rings (SSSR count). The summed E-state index contributed by atoms with van der Waals surface area (Å²) < 4.78 is 32.5. The van der Waals surface area contributed by atoms with Crippen LogP contribution in [0.15, 0.2) is 73.1 Å². The molecular formula is C21H19ClN2O4S. The van der Waals surface area contributed by atoms with E-state index in [-0.39, 0.29) is 12.3 Å². The molecule has 0 atom stereocenters. The molecule has 0 aliphatic heterocycles. The Labute approximate surface area is 174 Å². The minimum absolute atomic E-state index is 0.137. The van der Waals surface area contributed by atoms with Crippen molar-refractivity contribution >= 4 is 33.3 Å². The smallest absolute Gasteiger partial charge is 0.337 e. The number of esters is 1. The number of carbonyl (C=O) groups is 1. The van der Waals surface area contributed by atoms with Crippen LogP contribution in [0.1, 0.15) is 21.5 Å². The summed E-state index contributed by atoms with van der Waals surface area (Å²) in [5, 5.41) is 0.519. The topological polar surface area (TPSA) is 76.6 Å². The maximum atomic E-state index is 13.2. The summed E-state index contributed by atoms with van der Waals surface area (Å²) in [5.41, 5.74) is 2.18. The van der Waals surface area contributed by atoms with Gasteiger partial charge in [0.25, 0.3) is 0 Å². The minimum Gasteiger partial charge on any atom is -0.465 e. The molecule has 6 nitrogen and oxygen atoms in total. The van der Waals surface area contributed by atoms with Crippen LogP contribution in [-0.4, -0.2) is 26.5 Å². The number of sulfonamides is 1. The van der Waals surface area contributed by atoms with Gasteiger partial charge in [0.15, 0.2) is 0 Å². The van der Waals surface area contributed by atoms with Crippen molar-refractivity contribution in [1.29, 1.82) is 0 Å². The first-order chi connectivity index (χ1) is 13.9. The number of benzene rings is 2. The van der Waals surface area contributed by atoms with Gasteiger partial charge in [0.05, 0.1) is 30.7 Å². The Morgan fingerprint density at radius 2 is 1.72 bits per heavy atom. The number of carbonyl (C=O) groups excluding carboxylic acids is 1. The number of anilines is 1. The lowest BCUT2D eigenvalue weighted by Crippen LogP contribution is -2.31. The SMILES string of the molecule is COC(=O)c1ccc(CS(=O)(=O)N(Cc2cccnc2)c2ccc(Cl)cc2)cc1. The summed E-state index contributed by atoms with van der Waals surface area (Å²) in [7, 11) is -2.44. The molecule has 0 unspecified atom stereocenters. The van der Waals surface area contributed by atoms with Gasteiger partial charge >= 0.3 is 5.97 Å². The van der Waals surface area contributed by atoms with Crippen LogP contribution in [0.25, 0.3) is 0 Å². The van der Waals surface area contributed by atoms with Gasteiger partial charge in [0, 0.05) is 17.4 Å². The van der Waals surface area contributed by atoms with Crippen LogP contribution in [0, 0.1) is 0 Å². The molecule has 2 aromatic carbocycles. The monoisotopic (exact) mass is 430 g/mol. The van der Waals surface area contributed by atoms with Crippen molar-refractivity contribution in [2.45, 2.75) is 12.3 Å². The highest BCUT2D eigenvalue weighted by Gasteiger charge is 2.24. The molecule has 0 fully saturated rings. The number of hydrogen-bond donors (Lipinski definition) is 0. The Bertz CT molecular complexity index is 1070. The number of halogens is 1. The molecule has 150 valence electrons. The number of hydrogen-bond acceptors (Lipinski definition) is 5. The summed E-state index contributed by atoms with van der Waals surface area (Å²) in [6.45, 7) is 0.137. The lowest BCUT2D eigenvalue weighted by molar-refractivity contribution is 0.0600. The van der Waals surface area contributed by atoms with Crippen LogP contribution in [0.5, 0.6) is 0 Å². The van der Waals surface area contributed by atoms with Crippen molar-refractivity contribution in [3.05, 3.63) is 94.8 Å². The van der Waals surface area contributed by atoms with E-state index in [0.717, 1.165) is 5.56 Å². The highest BCUT2D eigenvalue weighted by Crippen LogP contribution is 2.25. The Kier molecular flexibility index (Phi) is 6.51. The Balaban J connectivity index is 1.90. The van der Waals surface area contributed by atoms with Gasteiger partial charge in [0.1, 0.15) is 0 Å². The maximum absolute atomic E-state index is 13.2. The molecule has 29 heavy (non-hydrogen) atoms. The number of aromatic nitrogens is 1. The molecule has 0 aliphatic rings. The van der Waals surface area contributed by atoms with Crippen molar-refractivity contribution < 1.29 is 17.9 Å². The fourth-order valence-electron chi connectivity index (χ4n) is 2.76. The Morgan fingerprint density at radius 1 is 1.03 bits per heavy atom. The van der Waals surface area contributed by atoms with Gasteiger partial charge in [-0.1, -0.05) is 29.8 Å². The third-order valence-electron chi connectivity index (χ3n) is 4.22. The molecule has 0 spiro atoms. The quantitative estimate of drug-likeness (QED) is 0.528. The Hall–Kier alpha value is -2.90. The van der Waals surface area contributed by atoms with E-state index >= 15 is 0 Å². The first-order valence-corrected chi connectivity index (χ1v) is 10.7. The van der Waals surface area contributed by atoms with Crippen LogP contribution in [0.2, 0.25) is 5.02 Å². The number of ether oxygens (including phenoxy) is 1. The van der Waals surface area contributed by atoms with Crippen LogP contribution < -0.4 is 4.31 Å². The zero-order valence-corrected chi connectivity index (χ0v) is 17.2. The van der Waals surface area contributed by atoms with E-state index in [1.165, 1.54) is 11.4 Å². The standard InChI is InChI=1S/C21H19ClN2O4S/c1-28-21(25)18-6-4-16(5-7-18)15-29(26,27)24(14-17-3-2-12-23-13-17)20-10-8-19(22)9-11-20/h2-13H,14-15H2,1H3. The zero-order valence-electron chi connectivity index (χ0n) is 15.7. The summed E-state index contributed by atoms with van der Waals surface area (Å²) in [4.78, 5) is 15.6. The summed E-state index contributed by atoms with van der Waals surface area (Å²) in [6.07, 6.45) is 3.26. The lowest BCUT2D eigenvalue weighted by Gasteiger charge is -2.24. The zero-order chi connectivity index (χ0) is 20.9. The van der Waals surface area contributed by atoms with Gasteiger partial charge in [-0.2, -0.15) is 0 Å². The van der Waals surface area contributed by atoms with E-state index in [4.69, 9.17) is 11.6 Å². The highest BCUT2D eigenvalue weighted by atomic mass is 35.5. The first-order valence-electron chi connectivity index (χ1n) is 8.71. The molecule has 1 aromatic heterocycles.